The lowest BCUT2D eigenvalue weighted by Gasteiger charge is -2.57. The predicted molar refractivity (Wildman–Crippen MR) is 114 cm³/mol. The third-order valence-corrected chi connectivity index (χ3v) is 6.54. The molecule has 0 saturated carbocycles. The van der Waals surface area contributed by atoms with Gasteiger partial charge in [0.1, 0.15) is 0 Å². The van der Waals surface area contributed by atoms with Crippen molar-refractivity contribution in [3.8, 4) is 0 Å². The molecule has 2 aliphatic heterocycles. The molecular weight excluding hydrogens is 350 g/mol. The van der Waals surface area contributed by atoms with Gasteiger partial charge in [-0.15, -0.1) is 0 Å². The van der Waals surface area contributed by atoms with Crippen molar-refractivity contribution in [2.45, 2.75) is 24.8 Å². The Morgan fingerprint density at radius 2 is 1.89 bits per heavy atom. The number of likely N-dealkylation sites (tertiary alicyclic amines) is 2. The Morgan fingerprint density at radius 3 is 2.57 bits per heavy atom. The maximum atomic E-state index is 13.5. The zero-order chi connectivity index (χ0) is 19.7. The van der Waals surface area contributed by atoms with Crippen LogP contribution in [0.15, 0.2) is 36.4 Å². The fraction of sp³-hybridized carbons (Fsp3) is 0.522. The van der Waals surface area contributed by atoms with E-state index in [0.717, 1.165) is 61.2 Å². The Morgan fingerprint density at radius 1 is 1.11 bits per heavy atom. The first-order chi connectivity index (χ1) is 13.6. The number of ether oxygens (including phenoxy) is 1. The molecule has 2 saturated heterocycles. The van der Waals surface area contributed by atoms with Gasteiger partial charge >= 0.3 is 0 Å². The molecule has 0 unspecified atom stereocenters. The fourth-order valence-corrected chi connectivity index (χ4v) is 4.91. The summed E-state index contributed by atoms with van der Waals surface area (Å²) in [5, 5.41) is 2.18. The first kappa shape index (κ1) is 19.2. The molecule has 5 heteroatoms. The molecule has 1 spiro atoms. The number of carbonyl (C=O) groups is 1. The number of fused-ring (bicyclic) bond motifs is 1. The first-order valence-corrected chi connectivity index (χ1v) is 10.3. The number of hydrogen-bond acceptors (Lipinski definition) is 4. The van der Waals surface area contributed by atoms with E-state index in [1.54, 1.807) is 7.11 Å². The number of piperidine rings is 1. The summed E-state index contributed by atoms with van der Waals surface area (Å²) in [6.07, 6.45) is 3.44. The first-order valence-electron chi connectivity index (χ1n) is 10.3. The van der Waals surface area contributed by atoms with Crippen molar-refractivity contribution in [3.63, 3.8) is 0 Å². The lowest BCUT2D eigenvalue weighted by atomic mass is 9.77. The molecule has 0 aromatic heterocycles. The summed E-state index contributed by atoms with van der Waals surface area (Å²) < 4.78 is 5.28. The Kier molecular flexibility index (Phi) is 5.30. The average Bonchev–Trinajstić information content (AvgIpc) is 2.72. The van der Waals surface area contributed by atoms with Crippen LogP contribution < -0.4 is 4.90 Å². The molecule has 2 aromatic rings. The van der Waals surface area contributed by atoms with Gasteiger partial charge in [-0.2, -0.15) is 0 Å². The number of carbonyl (C=O) groups excluding carboxylic acids is 1. The minimum atomic E-state index is 0.159. The normalized spacial score (nSPS) is 22.5. The molecule has 2 aliphatic rings. The van der Waals surface area contributed by atoms with Crippen LogP contribution in [0.5, 0.6) is 0 Å². The fourth-order valence-electron chi connectivity index (χ4n) is 4.91. The van der Waals surface area contributed by atoms with E-state index < -0.39 is 0 Å². The topological polar surface area (TPSA) is 36.0 Å². The third kappa shape index (κ3) is 3.27. The monoisotopic (exact) mass is 381 g/mol. The highest BCUT2D eigenvalue weighted by atomic mass is 16.5. The maximum Gasteiger partial charge on any atom is 0.254 e. The lowest BCUT2D eigenvalue weighted by Crippen LogP contribution is -2.67. The maximum absolute atomic E-state index is 13.5. The summed E-state index contributed by atoms with van der Waals surface area (Å²) in [4.78, 5) is 20.2. The van der Waals surface area contributed by atoms with Crippen LogP contribution in [-0.2, 0) is 4.74 Å². The second-order valence-electron chi connectivity index (χ2n) is 8.36. The number of rotatable bonds is 5. The molecule has 0 aliphatic carbocycles. The Labute approximate surface area is 167 Å². The van der Waals surface area contributed by atoms with E-state index in [9.17, 15) is 4.79 Å². The SMILES string of the molecule is COCCN1CC[C@@]12CCCN(C(=O)c1ccc(N(C)C)c3ccccc13)C2. The van der Waals surface area contributed by atoms with Crippen LogP contribution in [0, 0.1) is 0 Å². The molecule has 0 N–H and O–H groups in total. The van der Waals surface area contributed by atoms with Crippen LogP contribution in [0.4, 0.5) is 5.69 Å². The molecule has 2 heterocycles. The van der Waals surface area contributed by atoms with Gasteiger partial charge in [-0.3, -0.25) is 9.69 Å². The molecule has 2 fully saturated rings. The highest BCUT2D eigenvalue weighted by molar-refractivity contribution is 6.10. The molecular formula is C23H31N3O2. The quantitative estimate of drug-likeness (QED) is 0.797. The molecule has 28 heavy (non-hydrogen) atoms. The van der Waals surface area contributed by atoms with Crippen molar-refractivity contribution in [2.24, 2.45) is 0 Å². The van der Waals surface area contributed by atoms with Gasteiger partial charge in [-0.05, 0) is 36.8 Å². The number of hydrogen-bond donors (Lipinski definition) is 0. The van der Waals surface area contributed by atoms with E-state index in [1.165, 1.54) is 12.8 Å². The minimum Gasteiger partial charge on any atom is -0.383 e. The second kappa shape index (κ2) is 7.72. The van der Waals surface area contributed by atoms with Crippen molar-refractivity contribution in [1.29, 1.82) is 0 Å². The number of anilines is 1. The summed E-state index contributed by atoms with van der Waals surface area (Å²) in [6.45, 7) is 4.51. The summed E-state index contributed by atoms with van der Waals surface area (Å²) in [6, 6.07) is 12.3. The largest absolute Gasteiger partial charge is 0.383 e. The molecule has 150 valence electrons. The van der Waals surface area contributed by atoms with Crippen molar-refractivity contribution in [3.05, 3.63) is 42.0 Å². The summed E-state index contributed by atoms with van der Waals surface area (Å²) in [5.74, 6) is 0.166. The second-order valence-corrected chi connectivity index (χ2v) is 8.36. The van der Waals surface area contributed by atoms with Gasteiger partial charge < -0.3 is 14.5 Å². The summed E-state index contributed by atoms with van der Waals surface area (Å²) in [5.41, 5.74) is 2.12. The Bertz CT molecular complexity index is 866. The van der Waals surface area contributed by atoms with Crippen LogP contribution >= 0.6 is 0 Å². The van der Waals surface area contributed by atoms with Crippen molar-refractivity contribution in [1.82, 2.24) is 9.80 Å². The van der Waals surface area contributed by atoms with Gasteiger partial charge in [0.05, 0.1) is 6.61 Å². The molecule has 2 aromatic carbocycles. The van der Waals surface area contributed by atoms with Gasteiger partial charge in [0.25, 0.3) is 5.91 Å². The molecule has 5 nitrogen and oxygen atoms in total. The highest BCUT2D eigenvalue weighted by Gasteiger charge is 2.47. The van der Waals surface area contributed by atoms with Crippen molar-refractivity contribution in [2.75, 3.05) is 58.9 Å². The van der Waals surface area contributed by atoms with Crippen LogP contribution in [0.3, 0.4) is 0 Å². The minimum absolute atomic E-state index is 0.159. The predicted octanol–water partition coefficient (Wildman–Crippen LogP) is 3.23. The van der Waals surface area contributed by atoms with E-state index in [1.807, 2.05) is 32.3 Å². The molecule has 1 atom stereocenters. The van der Waals surface area contributed by atoms with Crippen molar-refractivity contribution >= 4 is 22.4 Å². The van der Waals surface area contributed by atoms with Gasteiger partial charge in [0.15, 0.2) is 0 Å². The van der Waals surface area contributed by atoms with E-state index in [0.29, 0.717) is 0 Å². The Hall–Kier alpha value is -2.11. The highest BCUT2D eigenvalue weighted by Crippen LogP contribution is 2.39. The summed E-state index contributed by atoms with van der Waals surface area (Å²) >= 11 is 0. The van der Waals surface area contributed by atoms with E-state index in [4.69, 9.17) is 4.74 Å². The number of amides is 1. The third-order valence-electron chi connectivity index (χ3n) is 6.54. The smallest absolute Gasteiger partial charge is 0.254 e. The molecule has 4 rings (SSSR count). The van der Waals surface area contributed by atoms with Crippen LogP contribution in [0.1, 0.15) is 29.6 Å². The zero-order valence-electron chi connectivity index (χ0n) is 17.3. The van der Waals surface area contributed by atoms with Crippen molar-refractivity contribution < 1.29 is 9.53 Å². The van der Waals surface area contributed by atoms with Gasteiger partial charge in [-0.1, -0.05) is 24.3 Å². The average molecular weight is 382 g/mol. The van der Waals surface area contributed by atoms with Gasteiger partial charge in [0, 0.05) is 69.6 Å². The van der Waals surface area contributed by atoms with Crippen LogP contribution in [0.2, 0.25) is 0 Å². The number of benzene rings is 2. The molecule has 1 amide bonds. The molecule has 0 radical (unpaired) electrons. The van der Waals surface area contributed by atoms with Gasteiger partial charge in [0.2, 0.25) is 0 Å². The van der Waals surface area contributed by atoms with Gasteiger partial charge in [-0.25, -0.2) is 0 Å². The lowest BCUT2D eigenvalue weighted by molar-refractivity contribution is -0.0678. The molecule has 0 bridgehead atoms. The number of nitrogens with zero attached hydrogens (tertiary/aromatic N) is 3. The summed E-state index contributed by atoms with van der Waals surface area (Å²) in [7, 11) is 5.84. The van der Waals surface area contributed by atoms with Crippen LogP contribution in [0.25, 0.3) is 10.8 Å². The Balaban J connectivity index is 1.61. The van der Waals surface area contributed by atoms with E-state index in [2.05, 4.69) is 32.9 Å². The van der Waals surface area contributed by atoms with E-state index in [-0.39, 0.29) is 11.4 Å². The number of methoxy groups -OCH3 is 1. The standard InChI is InChI=1S/C23H31N3O2/c1-24(2)21-10-9-20(18-7-4-5-8-19(18)21)22(27)25-13-6-11-23(17-25)12-14-26(23)15-16-28-3/h4-5,7-10H,6,11-17H2,1-3H3/t23-/m1/s1. The van der Waals surface area contributed by atoms with E-state index >= 15 is 0 Å². The van der Waals surface area contributed by atoms with Crippen LogP contribution in [-0.4, -0.2) is 75.2 Å². The zero-order valence-corrected chi connectivity index (χ0v) is 17.3.